The molecule has 1 saturated heterocycles. The lowest BCUT2D eigenvalue weighted by Gasteiger charge is -2.44. The Labute approximate surface area is 202 Å². The zero-order chi connectivity index (χ0) is 23.9. The minimum Gasteiger partial charge on any atom is -0.448 e. The van der Waals surface area contributed by atoms with Gasteiger partial charge in [-0.2, -0.15) is 0 Å². The number of ether oxygens (including phenoxy) is 2. The van der Waals surface area contributed by atoms with Crippen molar-refractivity contribution in [2.45, 2.75) is 24.4 Å². The minimum atomic E-state index is -0.389. The molecule has 0 saturated carbocycles. The molecular weight excluding hydrogens is 444 g/mol. The van der Waals surface area contributed by atoms with Crippen molar-refractivity contribution in [3.05, 3.63) is 106 Å². The predicted octanol–water partition coefficient (Wildman–Crippen LogP) is 5.40. The van der Waals surface area contributed by atoms with Crippen LogP contribution < -0.4 is 0 Å². The molecule has 3 aliphatic rings. The van der Waals surface area contributed by atoms with Crippen LogP contribution in [-0.4, -0.2) is 47.8 Å². The van der Waals surface area contributed by atoms with Crippen LogP contribution >= 0.6 is 0 Å². The molecule has 1 fully saturated rings. The second-order valence-corrected chi connectivity index (χ2v) is 9.17. The van der Waals surface area contributed by atoms with E-state index in [0.29, 0.717) is 19.6 Å². The molecule has 1 aliphatic carbocycles. The molecule has 0 aromatic heterocycles. The molecule has 0 N–H and O–H groups in total. The maximum atomic E-state index is 13.3. The number of nitrogens with zero attached hydrogens (tertiary/aromatic N) is 2. The molecule has 2 heterocycles. The predicted molar refractivity (Wildman–Crippen MR) is 131 cm³/mol. The standard InChI is InChI=1S/C28H24N2O5/c31-28(35-17-27-25-10-3-1-8-23(25)24-9-2-4-11-26(24)27)29-21-13-19(14-22(29)16-34-15-21)18-6-5-7-20(12-18)30(32)33/h1-13,21-22,27H,14-17H2. The molecule has 7 nitrogen and oxygen atoms in total. The summed E-state index contributed by atoms with van der Waals surface area (Å²) in [4.78, 5) is 25.9. The smallest absolute Gasteiger partial charge is 0.410 e. The van der Waals surface area contributed by atoms with Crippen LogP contribution in [-0.2, 0) is 9.47 Å². The van der Waals surface area contributed by atoms with Gasteiger partial charge in [-0.1, -0.05) is 66.7 Å². The largest absolute Gasteiger partial charge is 0.448 e. The number of non-ortho nitro benzene ring substituents is 1. The summed E-state index contributed by atoms with van der Waals surface area (Å²) in [5.74, 6) is 0.00296. The Morgan fingerprint density at radius 3 is 2.40 bits per heavy atom. The highest BCUT2D eigenvalue weighted by atomic mass is 16.6. The van der Waals surface area contributed by atoms with E-state index in [1.807, 2.05) is 36.4 Å². The van der Waals surface area contributed by atoms with E-state index in [4.69, 9.17) is 9.47 Å². The van der Waals surface area contributed by atoms with Gasteiger partial charge in [0.15, 0.2) is 0 Å². The number of morpholine rings is 1. The van der Waals surface area contributed by atoms with Crippen LogP contribution in [0.3, 0.4) is 0 Å². The average molecular weight is 469 g/mol. The summed E-state index contributed by atoms with van der Waals surface area (Å²) in [7, 11) is 0. The summed E-state index contributed by atoms with van der Waals surface area (Å²) < 4.78 is 11.7. The van der Waals surface area contributed by atoms with Crippen molar-refractivity contribution in [3.8, 4) is 11.1 Å². The lowest BCUT2D eigenvalue weighted by molar-refractivity contribution is -0.384. The summed E-state index contributed by atoms with van der Waals surface area (Å²) in [6, 6.07) is 22.7. The molecule has 2 aliphatic heterocycles. The van der Waals surface area contributed by atoms with Gasteiger partial charge in [0, 0.05) is 18.1 Å². The van der Waals surface area contributed by atoms with Gasteiger partial charge in [-0.25, -0.2) is 4.79 Å². The fourth-order valence-electron chi connectivity index (χ4n) is 5.58. The van der Waals surface area contributed by atoms with E-state index < -0.39 is 0 Å². The van der Waals surface area contributed by atoms with Crippen molar-refractivity contribution in [3.63, 3.8) is 0 Å². The van der Waals surface area contributed by atoms with Crippen molar-refractivity contribution in [2.24, 2.45) is 0 Å². The van der Waals surface area contributed by atoms with Crippen LogP contribution in [0.5, 0.6) is 0 Å². The molecule has 2 atom stereocenters. The number of carbonyl (C=O) groups is 1. The van der Waals surface area contributed by atoms with E-state index in [1.165, 1.54) is 28.3 Å². The van der Waals surface area contributed by atoms with Crippen molar-refractivity contribution in [1.29, 1.82) is 0 Å². The number of amides is 1. The first-order valence-corrected chi connectivity index (χ1v) is 11.8. The molecule has 6 rings (SSSR count). The number of hydrogen-bond donors (Lipinski definition) is 0. The van der Waals surface area contributed by atoms with Crippen LogP contribution in [0.25, 0.3) is 16.7 Å². The molecule has 7 heteroatoms. The Bertz CT molecular complexity index is 1300. The van der Waals surface area contributed by atoms with E-state index >= 15 is 0 Å². The maximum Gasteiger partial charge on any atom is 0.410 e. The molecule has 0 spiro atoms. The van der Waals surface area contributed by atoms with E-state index in [2.05, 4.69) is 24.3 Å². The zero-order valence-electron chi connectivity index (χ0n) is 19.0. The fraction of sp³-hybridized carbons (Fsp3) is 0.250. The molecule has 2 bridgehead atoms. The number of benzene rings is 3. The third kappa shape index (κ3) is 3.78. The summed E-state index contributed by atoms with van der Waals surface area (Å²) in [5, 5.41) is 11.2. The Morgan fingerprint density at radius 1 is 1.00 bits per heavy atom. The highest BCUT2D eigenvalue weighted by Gasteiger charge is 2.40. The van der Waals surface area contributed by atoms with Crippen molar-refractivity contribution < 1.29 is 19.2 Å². The molecule has 0 radical (unpaired) electrons. The van der Waals surface area contributed by atoms with Crippen LogP contribution in [0.1, 0.15) is 29.0 Å². The van der Waals surface area contributed by atoms with Gasteiger partial charge in [0.1, 0.15) is 6.61 Å². The summed E-state index contributed by atoms with van der Waals surface area (Å²) in [6.07, 6.45) is 2.19. The topological polar surface area (TPSA) is 81.9 Å². The molecule has 176 valence electrons. The Morgan fingerprint density at radius 2 is 1.71 bits per heavy atom. The normalized spacial score (nSPS) is 20.6. The third-order valence-corrected chi connectivity index (χ3v) is 7.17. The second-order valence-electron chi connectivity index (χ2n) is 9.17. The van der Waals surface area contributed by atoms with Gasteiger partial charge in [0.05, 0.1) is 30.2 Å². The fourth-order valence-corrected chi connectivity index (χ4v) is 5.58. The van der Waals surface area contributed by atoms with Gasteiger partial charge in [-0.05, 0) is 39.8 Å². The monoisotopic (exact) mass is 468 g/mol. The number of rotatable bonds is 4. The van der Waals surface area contributed by atoms with Gasteiger partial charge in [0.2, 0.25) is 0 Å². The van der Waals surface area contributed by atoms with Crippen molar-refractivity contribution in [2.75, 3.05) is 19.8 Å². The zero-order valence-corrected chi connectivity index (χ0v) is 19.0. The molecular formula is C28H24N2O5. The molecule has 35 heavy (non-hydrogen) atoms. The van der Waals surface area contributed by atoms with Gasteiger partial charge in [-0.15, -0.1) is 0 Å². The van der Waals surface area contributed by atoms with Crippen LogP contribution in [0, 0.1) is 10.1 Å². The van der Waals surface area contributed by atoms with Gasteiger partial charge in [0.25, 0.3) is 5.69 Å². The quantitative estimate of drug-likeness (QED) is 0.378. The van der Waals surface area contributed by atoms with Crippen LogP contribution in [0.4, 0.5) is 10.5 Å². The first kappa shape index (κ1) is 21.6. The second kappa shape index (κ2) is 8.67. The van der Waals surface area contributed by atoms with Gasteiger partial charge in [-0.3, -0.25) is 15.0 Å². The summed E-state index contributed by atoms with van der Waals surface area (Å²) in [6.45, 7) is 1.05. The molecule has 1 amide bonds. The van der Waals surface area contributed by atoms with E-state index in [0.717, 1.165) is 11.1 Å². The number of nitro groups is 1. The average Bonchev–Trinajstić information content (AvgIpc) is 3.20. The molecule has 3 aromatic rings. The van der Waals surface area contributed by atoms with Gasteiger partial charge < -0.3 is 9.47 Å². The number of nitro benzene ring substituents is 1. The van der Waals surface area contributed by atoms with Gasteiger partial charge >= 0.3 is 6.09 Å². The third-order valence-electron chi connectivity index (χ3n) is 7.17. The van der Waals surface area contributed by atoms with Crippen molar-refractivity contribution in [1.82, 2.24) is 4.90 Å². The highest BCUT2D eigenvalue weighted by molar-refractivity contribution is 5.79. The Balaban J connectivity index is 1.22. The first-order chi connectivity index (χ1) is 17.1. The number of carbonyl (C=O) groups excluding carboxylic acids is 1. The van der Waals surface area contributed by atoms with E-state index in [9.17, 15) is 14.9 Å². The van der Waals surface area contributed by atoms with E-state index in [-0.39, 0.29) is 41.3 Å². The van der Waals surface area contributed by atoms with Crippen LogP contribution in [0.15, 0.2) is 78.9 Å². The Kier molecular flexibility index (Phi) is 5.34. The molecule has 3 aromatic carbocycles. The lowest BCUT2D eigenvalue weighted by Crippen LogP contribution is -2.56. The first-order valence-electron chi connectivity index (χ1n) is 11.8. The summed E-state index contributed by atoms with van der Waals surface area (Å²) in [5.41, 5.74) is 6.60. The number of hydrogen-bond acceptors (Lipinski definition) is 5. The van der Waals surface area contributed by atoms with E-state index in [1.54, 1.807) is 17.0 Å². The van der Waals surface area contributed by atoms with Crippen LogP contribution in [0.2, 0.25) is 0 Å². The SMILES string of the molecule is O=C(OCC1c2ccccc2-c2ccccc21)N1C2C=C(c3cccc([N+](=O)[O-])c3)CC1COC2. The maximum absolute atomic E-state index is 13.3. The number of fused-ring (bicyclic) bond motifs is 5. The minimum absolute atomic E-state index is 0.00296. The summed E-state index contributed by atoms with van der Waals surface area (Å²) >= 11 is 0. The lowest BCUT2D eigenvalue weighted by atomic mass is 9.90. The highest BCUT2D eigenvalue weighted by Crippen LogP contribution is 2.44. The molecule has 2 unspecified atom stereocenters. The Hall–Kier alpha value is -3.97. The van der Waals surface area contributed by atoms with Crippen molar-refractivity contribution >= 4 is 17.4 Å².